The summed E-state index contributed by atoms with van der Waals surface area (Å²) in [5, 5.41) is 12.0. The standard InChI is InChI=1S/C16H28N2O3/c1-12(16(21)18-8-7-14(10-18)11-19)17-15(20)9-13-5-3-2-4-6-13/h12-14,19H,2-11H2,1H3,(H,17,20). The molecule has 2 amide bonds. The molecule has 0 bridgehead atoms. The number of hydrogen-bond acceptors (Lipinski definition) is 3. The molecule has 0 aromatic heterocycles. The molecule has 0 aromatic rings. The largest absolute Gasteiger partial charge is 0.396 e. The van der Waals surface area contributed by atoms with Gasteiger partial charge in [0.25, 0.3) is 0 Å². The number of amides is 2. The molecular formula is C16H28N2O3. The molecule has 0 radical (unpaired) electrons. The minimum absolute atomic E-state index is 0.000607. The highest BCUT2D eigenvalue weighted by atomic mass is 16.3. The molecule has 2 N–H and O–H groups in total. The Morgan fingerprint density at radius 2 is 1.90 bits per heavy atom. The monoisotopic (exact) mass is 296 g/mol. The van der Waals surface area contributed by atoms with E-state index in [2.05, 4.69) is 5.32 Å². The molecule has 5 heteroatoms. The first-order valence-electron chi connectivity index (χ1n) is 8.29. The van der Waals surface area contributed by atoms with Crippen LogP contribution in [0.25, 0.3) is 0 Å². The van der Waals surface area contributed by atoms with E-state index < -0.39 is 6.04 Å². The highest BCUT2D eigenvalue weighted by Crippen LogP contribution is 2.26. The van der Waals surface area contributed by atoms with Crippen molar-refractivity contribution in [2.75, 3.05) is 19.7 Å². The molecule has 1 aliphatic heterocycles. The fourth-order valence-electron chi connectivity index (χ4n) is 3.47. The molecule has 2 atom stereocenters. The maximum Gasteiger partial charge on any atom is 0.244 e. The van der Waals surface area contributed by atoms with E-state index in [1.54, 1.807) is 11.8 Å². The molecule has 0 aromatic carbocycles. The number of rotatable bonds is 5. The Morgan fingerprint density at radius 1 is 1.19 bits per heavy atom. The first-order chi connectivity index (χ1) is 10.1. The van der Waals surface area contributed by atoms with Gasteiger partial charge in [0.1, 0.15) is 6.04 Å². The highest BCUT2D eigenvalue weighted by Gasteiger charge is 2.29. The van der Waals surface area contributed by atoms with Crippen molar-refractivity contribution in [1.29, 1.82) is 0 Å². The fraction of sp³-hybridized carbons (Fsp3) is 0.875. The van der Waals surface area contributed by atoms with E-state index in [1.807, 2.05) is 0 Å². The Hall–Kier alpha value is -1.10. The summed E-state index contributed by atoms with van der Waals surface area (Å²) in [4.78, 5) is 26.1. The highest BCUT2D eigenvalue weighted by molar-refractivity contribution is 5.87. The van der Waals surface area contributed by atoms with Gasteiger partial charge in [-0.05, 0) is 32.1 Å². The van der Waals surface area contributed by atoms with E-state index >= 15 is 0 Å². The molecule has 1 saturated carbocycles. The van der Waals surface area contributed by atoms with E-state index in [0.29, 0.717) is 25.4 Å². The second kappa shape index (κ2) is 7.78. The fourth-order valence-corrected chi connectivity index (χ4v) is 3.47. The third-order valence-corrected chi connectivity index (χ3v) is 4.80. The summed E-state index contributed by atoms with van der Waals surface area (Å²) in [6, 6.07) is -0.460. The number of hydrogen-bond donors (Lipinski definition) is 2. The minimum Gasteiger partial charge on any atom is -0.396 e. The second-order valence-corrected chi connectivity index (χ2v) is 6.62. The third kappa shape index (κ3) is 4.70. The third-order valence-electron chi connectivity index (χ3n) is 4.80. The summed E-state index contributed by atoms with van der Waals surface area (Å²) in [7, 11) is 0. The van der Waals surface area contributed by atoms with Crippen LogP contribution in [0.4, 0.5) is 0 Å². The van der Waals surface area contributed by atoms with Crippen LogP contribution in [0.2, 0.25) is 0 Å². The molecule has 1 aliphatic carbocycles. The first kappa shape index (κ1) is 16.3. The molecule has 0 spiro atoms. The van der Waals surface area contributed by atoms with Gasteiger partial charge in [-0.3, -0.25) is 9.59 Å². The van der Waals surface area contributed by atoms with Gasteiger partial charge in [-0.25, -0.2) is 0 Å². The van der Waals surface area contributed by atoms with Crippen molar-refractivity contribution in [3.63, 3.8) is 0 Å². The Balaban J connectivity index is 1.73. The topological polar surface area (TPSA) is 69.6 Å². The van der Waals surface area contributed by atoms with Crippen molar-refractivity contribution >= 4 is 11.8 Å². The molecule has 2 rings (SSSR count). The summed E-state index contributed by atoms with van der Waals surface area (Å²) >= 11 is 0. The van der Waals surface area contributed by atoms with Crippen molar-refractivity contribution in [1.82, 2.24) is 10.2 Å². The predicted octanol–water partition coefficient (Wildman–Crippen LogP) is 1.30. The second-order valence-electron chi connectivity index (χ2n) is 6.62. The molecule has 1 saturated heterocycles. The van der Waals surface area contributed by atoms with E-state index in [9.17, 15) is 9.59 Å². The number of likely N-dealkylation sites (tertiary alicyclic amines) is 1. The minimum atomic E-state index is -0.460. The smallest absolute Gasteiger partial charge is 0.244 e. The molecule has 2 aliphatic rings. The van der Waals surface area contributed by atoms with Crippen molar-refractivity contribution in [3.8, 4) is 0 Å². The number of nitrogens with one attached hydrogen (secondary N) is 1. The van der Waals surface area contributed by atoms with Crippen LogP contribution in [0.3, 0.4) is 0 Å². The lowest BCUT2D eigenvalue weighted by molar-refractivity contribution is -0.135. The summed E-state index contributed by atoms with van der Waals surface area (Å²) in [6.45, 7) is 3.19. The maximum atomic E-state index is 12.3. The van der Waals surface area contributed by atoms with Gasteiger partial charge in [0, 0.05) is 32.0 Å². The van der Waals surface area contributed by atoms with Crippen LogP contribution in [-0.4, -0.2) is 47.6 Å². The van der Waals surface area contributed by atoms with E-state index in [-0.39, 0.29) is 24.3 Å². The molecule has 2 fully saturated rings. The van der Waals surface area contributed by atoms with Gasteiger partial charge in [0.15, 0.2) is 0 Å². The molecule has 1 heterocycles. The van der Waals surface area contributed by atoms with Crippen molar-refractivity contribution in [3.05, 3.63) is 0 Å². The zero-order valence-corrected chi connectivity index (χ0v) is 13.0. The zero-order valence-electron chi connectivity index (χ0n) is 13.0. The van der Waals surface area contributed by atoms with Gasteiger partial charge < -0.3 is 15.3 Å². The van der Waals surface area contributed by atoms with Gasteiger partial charge in [-0.2, -0.15) is 0 Å². The van der Waals surface area contributed by atoms with Gasteiger partial charge in [0.05, 0.1) is 0 Å². The van der Waals surface area contributed by atoms with Crippen LogP contribution >= 0.6 is 0 Å². The lowest BCUT2D eigenvalue weighted by Crippen LogP contribution is -2.46. The molecule has 5 nitrogen and oxygen atoms in total. The number of nitrogens with zero attached hydrogens (tertiary/aromatic N) is 1. The summed E-state index contributed by atoms with van der Waals surface area (Å²) in [5.41, 5.74) is 0. The van der Waals surface area contributed by atoms with Gasteiger partial charge >= 0.3 is 0 Å². The number of aliphatic hydroxyl groups excluding tert-OH is 1. The van der Waals surface area contributed by atoms with Crippen LogP contribution < -0.4 is 5.32 Å². The van der Waals surface area contributed by atoms with Gasteiger partial charge in [-0.1, -0.05) is 19.3 Å². The Morgan fingerprint density at radius 3 is 2.52 bits per heavy atom. The number of carbonyl (C=O) groups excluding carboxylic acids is 2. The Kier molecular flexibility index (Phi) is 6.03. The lowest BCUT2D eigenvalue weighted by Gasteiger charge is -2.24. The summed E-state index contributed by atoms with van der Waals surface area (Å²) < 4.78 is 0. The van der Waals surface area contributed by atoms with E-state index in [4.69, 9.17) is 5.11 Å². The summed E-state index contributed by atoms with van der Waals surface area (Å²) in [5.74, 6) is 0.661. The van der Waals surface area contributed by atoms with Gasteiger partial charge in [-0.15, -0.1) is 0 Å². The number of carbonyl (C=O) groups is 2. The molecular weight excluding hydrogens is 268 g/mol. The average molecular weight is 296 g/mol. The first-order valence-corrected chi connectivity index (χ1v) is 8.29. The molecule has 120 valence electrons. The lowest BCUT2D eigenvalue weighted by atomic mass is 9.87. The average Bonchev–Trinajstić information content (AvgIpc) is 2.96. The number of aliphatic hydroxyl groups is 1. The van der Waals surface area contributed by atoms with Crippen LogP contribution in [0.1, 0.15) is 51.9 Å². The van der Waals surface area contributed by atoms with Crippen LogP contribution in [0.5, 0.6) is 0 Å². The van der Waals surface area contributed by atoms with Crippen molar-refractivity contribution in [2.45, 2.75) is 57.9 Å². The van der Waals surface area contributed by atoms with Crippen LogP contribution in [-0.2, 0) is 9.59 Å². The quantitative estimate of drug-likeness (QED) is 0.803. The molecule has 21 heavy (non-hydrogen) atoms. The Bertz CT molecular complexity index is 367. The Labute approximate surface area is 127 Å². The zero-order chi connectivity index (χ0) is 15.2. The van der Waals surface area contributed by atoms with Crippen molar-refractivity contribution < 1.29 is 14.7 Å². The van der Waals surface area contributed by atoms with Crippen molar-refractivity contribution in [2.24, 2.45) is 11.8 Å². The van der Waals surface area contributed by atoms with Crippen LogP contribution in [0, 0.1) is 11.8 Å². The SMILES string of the molecule is CC(NC(=O)CC1CCCCC1)C(=O)N1CCC(CO)C1. The van der Waals surface area contributed by atoms with E-state index in [0.717, 1.165) is 19.3 Å². The van der Waals surface area contributed by atoms with Crippen LogP contribution in [0.15, 0.2) is 0 Å². The molecule has 2 unspecified atom stereocenters. The maximum absolute atomic E-state index is 12.3. The predicted molar refractivity (Wildman–Crippen MR) is 80.6 cm³/mol. The summed E-state index contributed by atoms with van der Waals surface area (Å²) in [6.07, 6.45) is 7.42. The van der Waals surface area contributed by atoms with Gasteiger partial charge in [0.2, 0.25) is 11.8 Å². The van der Waals surface area contributed by atoms with E-state index in [1.165, 1.54) is 19.3 Å². The normalized spacial score (nSPS) is 24.9.